The highest BCUT2D eigenvalue weighted by molar-refractivity contribution is 5.79. The first kappa shape index (κ1) is 24.8. The number of hydrogen-bond acceptors (Lipinski definition) is 6. The first-order valence-corrected chi connectivity index (χ1v) is 8.91. The molecule has 0 saturated carbocycles. The predicted molar refractivity (Wildman–Crippen MR) is 97.7 cm³/mol. The highest BCUT2D eigenvalue weighted by atomic mass is 19.4. The van der Waals surface area contributed by atoms with E-state index in [0.29, 0.717) is 15.1 Å². The first-order chi connectivity index (χ1) is 15.7. The summed E-state index contributed by atoms with van der Waals surface area (Å²) in [6, 6.07) is 3.32. The summed E-state index contributed by atoms with van der Waals surface area (Å²) < 4.78 is 107. The van der Waals surface area contributed by atoms with Gasteiger partial charge in [0.05, 0.1) is 6.54 Å². The van der Waals surface area contributed by atoms with Gasteiger partial charge in [-0.25, -0.2) is 18.7 Å². The molecule has 0 amide bonds. The molecule has 0 saturated heterocycles. The summed E-state index contributed by atoms with van der Waals surface area (Å²) in [5.41, 5.74) is 1.32. The van der Waals surface area contributed by atoms with Gasteiger partial charge in [-0.05, 0) is 17.7 Å². The molecule has 0 bridgehead atoms. The van der Waals surface area contributed by atoms with Crippen molar-refractivity contribution in [2.45, 2.75) is 18.9 Å². The number of aromatic nitrogens is 4. The number of hydrogen-bond donors (Lipinski definition) is 1. The average Bonchev–Trinajstić information content (AvgIpc) is 3.06. The highest BCUT2D eigenvalue weighted by Crippen LogP contribution is 2.31. The smallest absolute Gasteiger partial charge is 0.402 e. The number of nitrogens with zero attached hydrogens (tertiary/aromatic N) is 4. The number of esters is 1. The van der Waals surface area contributed by atoms with E-state index in [2.05, 4.69) is 14.8 Å². The Morgan fingerprint density at radius 2 is 1.74 bits per heavy atom. The Morgan fingerprint density at radius 1 is 1.06 bits per heavy atom. The van der Waals surface area contributed by atoms with Gasteiger partial charge < -0.3 is 10.5 Å². The summed E-state index contributed by atoms with van der Waals surface area (Å²) in [5.74, 6) is -3.72. The minimum absolute atomic E-state index is 0.0702. The molecule has 16 heteroatoms. The number of ether oxygens (including phenoxy) is 1. The molecule has 0 aliphatic heterocycles. The van der Waals surface area contributed by atoms with Crippen molar-refractivity contribution in [3.63, 3.8) is 0 Å². The lowest BCUT2D eigenvalue weighted by Crippen LogP contribution is -2.30. The van der Waals surface area contributed by atoms with Gasteiger partial charge in [0.15, 0.2) is 5.65 Å². The van der Waals surface area contributed by atoms with Crippen LogP contribution in [0.15, 0.2) is 46.9 Å². The van der Waals surface area contributed by atoms with Crippen molar-refractivity contribution in [2.75, 3.05) is 6.54 Å². The molecular weight excluding hydrogens is 486 g/mol. The molecule has 3 aromatic rings. The summed E-state index contributed by atoms with van der Waals surface area (Å²) in [4.78, 5) is 27.2. The Morgan fingerprint density at radius 3 is 2.24 bits per heavy atom. The van der Waals surface area contributed by atoms with E-state index in [-0.39, 0.29) is 11.1 Å². The van der Waals surface area contributed by atoms with Gasteiger partial charge in [0.1, 0.15) is 5.69 Å². The van der Waals surface area contributed by atoms with Gasteiger partial charge in [-0.1, -0.05) is 6.07 Å². The maximum Gasteiger partial charge on any atom is 0.491 e. The van der Waals surface area contributed by atoms with Crippen molar-refractivity contribution in [1.29, 1.82) is 0 Å². The predicted octanol–water partition coefficient (Wildman–Crippen LogP) is 3.15. The minimum Gasteiger partial charge on any atom is -0.402 e. The molecule has 3 heterocycles. The lowest BCUT2D eigenvalue weighted by molar-refractivity contribution is -0.190. The van der Waals surface area contributed by atoms with Gasteiger partial charge in [-0.2, -0.15) is 35.1 Å². The fourth-order valence-electron chi connectivity index (χ4n) is 2.72. The molecule has 8 nitrogen and oxygen atoms in total. The number of rotatable bonds is 5. The summed E-state index contributed by atoms with van der Waals surface area (Å²) in [5, 5.41) is 3.73. The largest absolute Gasteiger partial charge is 0.491 e. The normalized spacial score (nSPS) is 12.1. The fourth-order valence-corrected chi connectivity index (χ4v) is 2.72. The molecule has 0 aliphatic rings. The molecule has 0 atom stereocenters. The average molecular weight is 497 g/mol. The van der Waals surface area contributed by atoms with Crippen molar-refractivity contribution in [3.05, 3.63) is 58.3 Å². The second-order valence-electron chi connectivity index (χ2n) is 6.60. The van der Waals surface area contributed by atoms with Crippen LogP contribution in [0, 0.1) is 0 Å². The van der Waals surface area contributed by atoms with Crippen LogP contribution in [-0.4, -0.2) is 37.9 Å². The monoisotopic (exact) mass is 497 g/mol. The molecule has 2 N–H and O–H groups in total. The Labute approximate surface area is 182 Å². The molecule has 34 heavy (non-hydrogen) atoms. The van der Waals surface area contributed by atoms with Crippen LogP contribution < -0.4 is 16.2 Å². The van der Waals surface area contributed by atoms with Gasteiger partial charge in [-0.3, -0.25) is 4.98 Å². The van der Waals surface area contributed by atoms with Crippen molar-refractivity contribution < 1.29 is 44.7 Å². The second-order valence-corrected chi connectivity index (χ2v) is 6.60. The van der Waals surface area contributed by atoms with Crippen LogP contribution in [0.25, 0.3) is 16.8 Å². The molecule has 0 spiro atoms. The van der Waals surface area contributed by atoms with E-state index < -0.39 is 66.0 Å². The van der Waals surface area contributed by atoms with E-state index in [0.717, 1.165) is 24.4 Å². The highest BCUT2D eigenvalue weighted by Gasteiger charge is 2.42. The molecular formula is C18H11F8N5O3. The second kappa shape index (κ2) is 8.85. The number of nitrogens with two attached hydrogens (primary N) is 1. The standard InChI is InChI=1S/C18H11F8N5O3/c19-14(20)10(5-27)7-30-16(33)31-12(29-30)3-9(4-13(31)34-15(32)18(24,25)26)8-1-2-11(28-6-8)17(21,22)23/h1-4,6H,5,7,27H2. The van der Waals surface area contributed by atoms with Crippen molar-refractivity contribution in [1.82, 2.24) is 19.2 Å². The fraction of sp³-hybridized carbons (Fsp3) is 0.222. The van der Waals surface area contributed by atoms with E-state index in [1.54, 1.807) is 0 Å². The Kier molecular flexibility index (Phi) is 6.46. The zero-order valence-corrected chi connectivity index (χ0v) is 16.4. The van der Waals surface area contributed by atoms with Crippen LogP contribution in [0.4, 0.5) is 35.1 Å². The number of alkyl halides is 6. The maximum absolute atomic E-state index is 12.9. The van der Waals surface area contributed by atoms with Crippen LogP contribution in [0.1, 0.15) is 5.69 Å². The SMILES string of the molecule is NCC(Cn1nc2cc(-c3ccc(C(F)(F)F)nc3)cc(OC(=O)C(F)(F)F)n2c1=O)=C(F)F. The third-order valence-electron chi connectivity index (χ3n) is 4.32. The van der Waals surface area contributed by atoms with E-state index >= 15 is 0 Å². The van der Waals surface area contributed by atoms with Crippen molar-refractivity contribution in [3.8, 4) is 17.0 Å². The number of carbonyl (C=O) groups excluding carboxylic acids is 1. The summed E-state index contributed by atoms with van der Waals surface area (Å²) in [6.07, 6.45) is -11.7. The molecule has 0 aromatic carbocycles. The number of fused-ring (bicyclic) bond motifs is 1. The molecule has 3 rings (SSSR count). The Bertz CT molecular complexity index is 1320. The van der Waals surface area contributed by atoms with Crippen molar-refractivity contribution in [2.24, 2.45) is 5.73 Å². The maximum atomic E-state index is 12.9. The summed E-state index contributed by atoms with van der Waals surface area (Å²) in [6.45, 7) is -1.50. The van der Waals surface area contributed by atoms with Crippen LogP contribution >= 0.6 is 0 Å². The number of halogens is 8. The van der Waals surface area contributed by atoms with E-state index in [1.165, 1.54) is 0 Å². The zero-order valence-electron chi connectivity index (χ0n) is 16.4. The molecule has 0 radical (unpaired) electrons. The number of pyridine rings is 2. The minimum atomic E-state index is -5.47. The lowest BCUT2D eigenvalue weighted by atomic mass is 10.1. The summed E-state index contributed by atoms with van der Waals surface area (Å²) >= 11 is 0. The van der Waals surface area contributed by atoms with Gasteiger partial charge in [0.2, 0.25) is 5.88 Å². The summed E-state index contributed by atoms with van der Waals surface area (Å²) in [7, 11) is 0. The van der Waals surface area contributed by atoms with E-state index in [1.807, 2.05) is 0 Å². The third kappa shape index (κ3) is 5.05. The van der Waals surface area contributed by atoms with Crippen molar-refractivity contribution >= 4 is 11.6 Å². The van der Waals surface area contributed by atoms with Crippen LogP contribution in [0.5, 0.6) is 5.88 Å². The lowest BCUT2D eigenvalue weighted by Gasteiger charge is -2.11. The number of carbonyl (C=O) groups is 1. The first-order valence-electron chi connectivity index (χ1n) is 8.91. The molecule has 0 fully saturated rings. The topological polar surface area (TPSA) is 105 Å². The molecule has 0 unspecified atom stereocenters. The third-order valence-corrected chi connectivity index (χ3v) is 4.32. The van der Waals surface area contributed by atoms with Gasteiger partial charge >= 0.3 is 24.0 Å². The quantitative estimate of drug-likeness (QED) is 0.429. The molecule has 0 aliphatic carbocycles. The van der Waals surface area contributed by atoms with E-state index in [4.69, 9.17) is 5.73 Å². The molecule has 182 valence electrons. The Balaban J connectivity index is 2.19. The van der Waals surface area contributed by atoms with Crippen LogP contribution in [0.2, 0.25) is 0 Å². The Hall–Kier alpha value is -3.82. The van der Waals surface area contributed by atoms with Gasteiger partial charge in [-0.15, -0.1) is 5.10 Å². The van der Waals surface area contributed by atoms with Gasteiger partial charge in [0.25, 0.3) is 6.08 Å². The van der Waals surface area contributed by atoms with E-state index in [9.17, 15) is 44.7 Å². The molecule has 3 aromatic heterocycles. The van der Waals surface area contributed by atoms with Crippen LogP contribution in [0.3, 0.4) is 0 Å². The van der Waals surface area contributed by atoms with Gasteiger partial charge in [0, 0.05) is 29.9 Å². The zero-order chi connectivity index (χ0) is 25.4. The van der Waals surface area contributed by atoms with Crippen LogP contribution in [-0.2, 0) is 17.5 Å².